The molecule has 29 heavy (non-hydrogen) atoms. The maximum absolute atomic E-state index is 12.1. The van der Waals surface area contributed by atoms with Gasteiger partial charge >= 0.3 is 11.9 Å². The fourth-order valence-electron chi connectivity index (χ4n) is 6.32. The van der Waals surface area contributed by atoms with Gasteiger partial charge in [0.05, 0.1) is 5.60 Å². The third kappa shape index (κ3) is 3.45. The standard InChI is InChI=1S/C24H36O5/c1-14(2)18-10-11-22(6)13-24(27)15(3)8-9-20(29-17(5)26)23(24,7)12-19(21(18)22)28-16(4)25/h14,19-20,27H,3,8-13H2,1-2,4-7H3/t19-,20-,22-,23-,24+/m0/s1. The zero-order valence-electron chi connectivity index (χ0n) is 18.8. The Morgan fingerprint density at radius 3 is 2.31 bits per heavy atom. The first-order valence-corrected chi connectivity index (χ1v) is 10.8. The van der Waals surface area contributed by atoms with Crippen LogP contribution in [-0.4, -0.2) is 34.9 Å². The van der Waals surface area contributed by atoms with Crippen molar-refractivity contribution in [3.63, 3.8) is 0 Å². The Balaban J connectivity index is 2.20. The molecule has 3 rings (SSSR count). The molecule has 1 N–H and O–H groups in total. The molecular formula is C24H36O5. The van der Waals surface area contributed by atoms with Crippen molar-refractivity contribution in [1.29, 1.82) is 0 Å². The Kier molecular flexibility index (Phi) is 5.53. The number of allylic oxidation sites excluding steroid dienone is 1. The lowest BCUT2D eigenvalue weighted by molar-refractivity contribution is -0.185. The van der Waals surface area contributed by atoms with E-state index in [1.807, 2.05) is 6.92 Å². The summed E-state index contributed by atoms with van der Waals surface area (Å²) in [4.78, 5) is 23.9. The first kappa shape index (κ1) is 22.1. The van der Waals surface area contributed by atoms with Crippen LogP contribution in [0.5, 0.6) is 0 Å². The van der Waals surface area contributed by atoms with E-state index in [-0.39, 0.29) is 17.4 Å². The van der Waals surface area contributed by atoms with Crippen LogP contribution in [0.3, 0.4) is 0 Å². The monoisotopic (exact) mass is 404 g/mol. The van der Waals surface area contributed by atoms with E-state index in [1.54, 1.807) is 0 Å². The number of carbonyl (C=O) groups excluding carboxylic acids is 2. The number of fused-ring (bicyclic) bond motifs is 2. The van der Waals surface area contributed by atoms with Crippen molar-refractivity contribution in [2.24, 2.45) is 16.7 Å². The van der Waals surface area contributed by atoms with Crippen LogP contribution in [0.2, 0.25) is 0 Å². The predicted octanol–water partition coefficient (Wildman–Crippen LogP) is 4.48. The Hall–Kier alpha value is -1.62. The molecule has 0 radical (unpaired) electrons. The Morgan fingerprint density at radius 1 is 1.14 bits per heavy atom. The van der Waals surface area contributed by atoms with Crippen LogP contribution in [0.25, 0.3) is 0 Å². The van der Waals surface area contributed by atoms with Gasteiger partial charge in [-0.3, -0.25) is 9.59 Å². The van der Waals surface area contributed by atoms with Crippen molar-refractivity contribution in [1.82, 2.24) is 0 Å². The SMILES string of the molecule is C=C1CC[C@H](OC(C)=O)[C@]2(C)C[C@H](OC(C)=O)C3=C(C(C)C)CC[C@@]3(C)C[C@@]12O. The Labute approximate surface area is 174 Å². The maximum Gasteiger partial charge on any atom is 0.303 e. The highest BCUT2D eigenvalue weighted by atomic mass is 16.6. The van der Waals surface area contributed by atoms with Gasteiger partial charge in [-0.15, -0.1) is 0 Å². The number of rotatable bonds is 3. The average Bonchev–Trinajstić information content (AvgIpc) is 2.88. The number of carbonyl (C=O) groups is 2. The predicted molar refractivity (Wildman–Crippen MR) is 111 cm³/mol. The van der Waals surface area contributed by atoms with E-state index >= 15 is 0 Å². The van der Waals surface area contributed by atoms with Gasteiger partial charge in [0.25, 0.3) is 0 Å². The summed E-state index contributed by atoms with van der Waals surface area (Å²) >= 11 is 0. The zero-order chi connectivity index (χ0) is 21.8. The molecule has 0 aromatic heterocycles. The molecule has 0 aromatic rings. The third-order valence-electron chi connectivity index (χ3n) is 7.78. The van der Waals surface area contributed by atoms with Crippen molar-refractivity contribution < 1.29 is 24.2 Å². The zero-order valence-corrected chi connectivity index (χ0v) is 18.8. The minimum atomic E-state index is -1.19. The largest absolute Gasteiger partial charge is 0.462 e. The number of aliphatic hydroxyl groups is 1. The molecule has 3 aliphatic carbocycles. The second-order valence-corrected chi connectivity index (χ2v) is 10.2. The molecule has 2 fully saturated rings. The van der Waals surface area contributed by atoms with Crippen molar-refractivity contribution in [3.05, 3.63) is 23.3 Å². The van der Waals surface area contributed by atoms with Crippen LogP contribution >= 0.6 is 0 Å². The van der Waals surface area contributed by atoms with Gasteiger partial charge in [0.2, 0.25) is 0 Å². The molecule has 5 nitrogen and oxygen atoms in total. The number of hydrogen-bond acceptors (Lipinski definition) is 5. The lowest BCUT2D eigenvalue weighted by atomic mass is 9.56. The fourth-order valence-corrected chi connectivity index (χ4v) is 6.32. The third-order valence-corrected chi connectivity index (χ3v) is 7.78. The fraction of sp³-hybridized carbons (Fsp3) is 0.750. The molecule has 0 saturated heterocycles. The lowest BCUT2D eigenvalue weighted by Crippen LogP contribution is -2.59. The molecule has 0 aliphatic heterocycles. The molecule has 0 bridgehead atoms. The molecule has 3 aliphatic rings. The van der Waals surface area contributed by atoms with Gasteiger partial charge in [-0.05, 0) is 54.6 Å². The second kappa shape index (κ2) is 7.26. The van der Waals surface area contributed by atoms with Gasteiger partial charge in [-0.2, -0.15) is 0 Å². The molecule has 162 valence electrons. The Bertz CT molecular complexity index is 765. The highest BCUT2D eigenvalue weighted by molar-refractivity contribution is 5.67. The van der Waals surface area contributed by atoms with Crippen LogP contribution in [0.15, 0.2) is 23.3 Å². The van der Waals surface area contributed by atoms with Gasteiger partial charge < -0.3 is 14.6 Å². The molecule has 5 heteroatoms. The van der Waals surface area contributed by atoms with Gasteiger partial charge in [0.15, 0.2) is 0 Å². The molecule has 0 unspecified atom stereocenters. The summed E-state index contributed by atoms with van der Waals surface area (Å²) in [6.07, 6.45) is 3.16. The lowest BCUT2D eigenvalue weighted by Gasteiger charge is -2.54. The topological polar surface area (TPSA) is 72.8 Å². The molecule has 0 amide bonds. The van der Waals surface area contributed by atoms with E-state index in [1.165, 1.54) is 25.0 Å². The van der Waals surface area contributed by atoms with E-state index in [4.69, 9.17) is 9.47 Å². The summed E-state index contributed by atoms with van der Waals surface area (Å²) in [5.74, 6) is -0.333. The summed E-state index contributed by atoms with van der Waals surface area (Å²) in [6, 6.07) is 0. The van der Waals surface area contributed by atoms with Crippen LogP contribution in [0, 0.1) is 16.7 Å². The first-order valence-electron chi connectivity index (χ1n) is 10.8. The van der Waals surface area contributed by atoms with Crippen LogP contribution in [-0.2, 0) is 19.1 Å². The molecule has 2 saturated carbocycles. The number of ether oxygens (including phenoxy) is 2. The summed E-state index contributed by atoms with van der Waals surface area (Å²) in [5, 5.41) is 12.1. The van der Waals surface area contributed by atoms with E-state index in [0.29, 0.717) is 31.6 Å². The first-order chi connectivity index (χ1) is 13.3. The smallest absolute Gasteiger partial charge is 0.303 e. The van der Waals surface area contributed by atoms with E-state index in [0.717, 1.165) is 18.4 Å². The minimum Gasteiger partial charge on any atom is -0.462 e. The van der Waals surface area contributed by atoms with Crippen LogP contribution < -0.4 is 0 Å². The van der Waals surface area contributed by atoms with Gasteiger partial charge in [0.1, 0.15) is 12.2 Å². The number of hydrogen-bond donors (Lipinski definition) is 1. The van der Waals surface area contributed by atoms with Crippen molar-refractivity contribution >= 4 is 11.9 Å². The molecule has 0 spiro atoms. The van der Waals surface area contributed by atoms with Crippen molar-refractivity contribution in [2.45, 2.75) is 97.9 Å². The van der Waals surface area contributed by atoms with Gasteiger partial charge in [-0.1, -0.05) is 39.8 Å². The number of esters is 2. The highest BCUT2D eigenvalue weighted by Crippen LogP contribution is 2.63. The van der Waals surface area contributed by atoms with E-state index in [2.05, 4.69) is 27.4 Å². The quantitative estimate of drug-likeness (QED) is 0.554. The average molecular weight is 405 g/mol. The molecule has 0 aromatic carbocycles. The molecule has 0 heterocycles. The van der Waals surface area contributed by atoms with E-state index in [9.17, 15) is 14.7 Å². The Morgan fingerprint density at radius 2 is 1.76 bits per heavy atom. The van der Waals surface area contributed by atoms with Crippen LogP contribution in [0.1, 0.15) is 80.1 Å². The van der Waals surface area contributed by atoms with Crippen LogP contribution in [0.4, 0.5) is 0 Å². The van der Waals surface area contributed by atoms with Gasteiger partial charge in [0, 0.05) is 25.7 Å². The maximum atomic E-state index is 12.1. The van der Waals surface area contributed by atoms with Crippen molar-refractivity contribution in [2.75, 3.05) is 0 Å². The minimum absolute atomic E-state index is 0.284. The summed E-state index contributed by atoms with van der Waals surface area (Å²) in [6.45, 7) is 15.6. The molecular weight excluding hydrogens is 368 g/mol. The van der Waals surface area contributed by atoms with Gasteiger partial charge in [-0.25, -0.2) is 0 Å². The normalized spacial score (nSPS) is 39.7. The second-order valence-electron chi connectivity index (χ2n) is 10.2. The summed E-state index contributed by atoms with van der Waals surface area (Å²) < 4.78 is 11.6. The summed E-state index contributed by atoms with van der Waals surface area (Å²) in [5.41, 5.74) is 1.04. The molecule has 5 atom stereocenters. The summed E-state index contributed by atoms with van der Waals surface area (Å²) in [7, 11) is 0. The highest BCUT2D eigenvalue weighted by Gasteiger charge is 2.64. The van der Waals surface area contributed by atoms with E-state index < -0.39 is 23.2 Å². The van der Waals surface area contributed by atoms with Crippen molar-refractivity contribution in [3.8, 4) is 0 Å².